The Kier molecular flexibility index (Phi) is 3.65. The van der Waals surface area contributed by atoms with Crippen LogP contribution in [0.25, 0.3) is 0 Å². The second kappa shape index (κ2) is 5.39. The van der Waals surface area contributed by atoms with Crippen molar-refractivity contribution in [2.75, 3.05) is 5.73 Å². The summed E-state index contributed by atoms with van der Waals surface area (Å²) in [5, 5.41) is 17.5. The molecule has 20 heavy (non-hydrogen) atoms. The number of anilines is 1. The monoisotopic (exact) mass is 278 g/mol. The molecule has 0 spiro atoms. The molecular formula is C12H8F2N4O2. The third kappa shape index (κ3) is 2.91. The summed E-state index contributed by atoms with van der Waals surface area (Å²) in [4.78, 5) is 9.88. The van der Waals surface area contributed by atoms with Gasteiger partial charge in [-0.1, -0.05) is 0 Å². The Morgan fingerprint density at radius 3 is 2.10 bits per heavy atom. The summed E-state index contributed by atoms with van der Waals surface area (Å²) in [6, 6.07) is 6.90. The zero-order chi connectivity index (χ0) is 14.7. The van der Waals surface area contributed by atoms with Crippen LogP contribution >= 0.6 is 0 Å². The Morgan fingerprint density at radius 1 is 1.05 bits per heavy atom. The Bertz CT molecular complexity index is 663. The van der Waals surface area contributed by atoms with Crippen molar-refractivity contribution in [2.45, 2.75) is 0 Å². The number of nitro groups is 1. The summed E-state index contributed by atoms with van der Waals surface area (Å²) < 4.78 is 26.8. The fourth-order valence-electron chi connectivity index (χ4n) is 1.43. The van der Waals surface area contributed by atoms with Crippen molar-refractivity contribution in [1.29, 1.82) is 0 Å². The average molecular weight is 278 g/mol. The molecule has 0 saturated carbocycles. The number of azo groups is 1. The number of rotatable bonds is 3. The molecule has 0 heterocycles. The number of nitrogens with two attached hydrogens (primary N) is 1. The largest absolute Gasteiger partial charge is 0.399 e. The molecule has 0 atom stereocenters. The Morgan fingerprint density at radius 2 is 1.60 bits per heavy atom. The highest BCUT2D eigenvalue weighted by Crippen LogP contribution is 2.27. The second-order valence-electron chi connectivity index (χ2n) is 3.81. The van der Waals surface area contributed by atoms with Gasteiger partial charge in [0.2, 0.25) is 0 Å². The average Bonchev–Trinajstić information content (AvgIpc) is 2.38. The number of nitro benzene ring substituents is 1. The number of nitrogens with zero attached hydrogens (tertiary/aromatic N) is 3. The molecule has 0 aromatic heterocycles. The van der Waals surface area contributed by atoms with Gasteiger partial charge in [-0.3, -0.25) is 10.1 Å². The SMILES string of the molecule is Nc1cc(F)c(N=Nc2ccc([N+](=O)[O-])cc2)c(F)c1. The lowest BCUT2D eigenvalue weighted by Crippen LogP contribution is -1.89. The van der Waals surface area contributed by atoms with Gasteiger partial charge in [0.15, 0.2) is 17.3 Å². The summed E-state index contributed by atoms with van der Waals surface area (Å²) in [5.41, 5.74) is 4.74. The van der Waals surface area contributed by atoms with Gasteiger partial charge in [0, 0.05) is 17.8 Å². The van der Waals surface area contributed by atoms with Crippen LogP contribution in [-0.4, -0.2) is 4.92 Å². The van der Waals surface area contributed by atoms with Gasteiger partial charge in [0.05, 0.1) is 10.6 Å². The van der Waals surface area contributed by atoms with Gasteiger partial charge in [-0.05, 0) is 24.3 Å². The molecule has 2 aromatic carbocycles. The second-order valence-corrected chi connectivity index (χ2v) is 3.81. The topological polar surface area (TPSA) is 93.9 Å². The number of benzene rings is 2. The third-order valence-electron chi connectivity index (χ3n) is 2.37. The molecule has 2 rings (SSSR count). The molecule has 0 aliphatic heterocycles. The van der Waals surface area contributed by atoms with Crippen LogP contribution in [-0.2, 0) is 0 Å². The highest BCUT2D eigenvalue weighted by atomic mass is 19.1. The van der Waals surface area contributed by atoms with Crippen molar-refractivity contribution >= 4 is 22.7 Å². The van der Waals surface area contributed by atoms with E-state index in [1.165, 1.54) is 24.3 Å². The summed E-state index contributed by atoms with van der Waals surface area (Å²) in [5.74, 6) is -1.87. The van der Waals surface area contributed by atoms with Crippen molar-refractivity contribution in [3.05, 3.63) is 58.1 Å². The fourth-order valence-corrected chi connectivity index (χ4v) is 1.43. The maximum atomic E-state index is 13.4. The van der Waals surface area contributed by atoms with Gasteiger partial charge in [-0.15, -0.1) is 5.11 Å². The normalized spacial score (nSPS) is 10.9. The molecule has 0 aliphatic rings. The quantitative estimate of drug-likeness (QED) is 0.399. The minimum atomic E-state index is -0.937. The highest BCUT2D eigenvalue weighted by Gasteiger charge is 2.10. The van der Waals surface area contributed by atoms with E-state index in [0.717, 1.165) is 12.1 Å². The lowest BCUT2D eigenvalue weighted by molar-refractivity contribution is -0.384. The van der Waals surface area contributed by atoms with E-state index in [0.29, 0.717) is 0 Å². The van der Waals surface area contributed by atoms with Gasteiger partial charge in [-0.25, -0.2) is 8.78 Å². The molecule has 0 aliphatic carbocycles. The summed E-state index contributed by atoms with van der Waals surface area (Å²) in [6.45, 7) is 0. The first-order chi connectivity index (χ1) is 9.47. The molecule has 0 saturated heterocycles. The predicted molar refractivity (Wildman–Crippen MR) is 68.0 cm³/mol. The van der Waals surface area contributed by atoms with Crippen molar-refractivity contribution < 1.29 is 13.7 Å². The first kappa shape index (κ1) is 13.5. The molecule has 6 nitrogen and oxygen atoms in total. The molecule has 2 aromatic rings. The van der Waals surface area contributed by atoms with Crippen molar-refractivity contribution in [2.24, 2.45) is 10.2 Å². The minimum absolute atomic E-state index is 0.0608. The van der Waals surface area contributed by atoms with Crippen LogP contribution in [0.2, 0.25) is 0 Å². The van der Waals surface area contributed by atoms with Crippen LogP contribution in [0, 0.1) is 21.7 Å². The van der Waals surface area contributed by atoms with Crippen LogP contribution in [0.4, 0.5) is 31.5 Å². The molecule has 0 amide bonds. The zero-order valence-corrected chi connectivity index (χ0v) is 9.96. The molecule has 0 fully saturated rings. The Balaban J connectivity index is 2.27. The van der Waals surface area contributed by atoms with Gasteiger partial charge < -0.3 is 5.73 Å². The molecule has 0 bridgehead atoms. The Labute approximate surface area is 111 Å². The van der Waals surface area contributed by atoms with E-state index in [1.807, 2.05) is 0 Å². The lowest BCUT2D eigenvalue weighted by Gasteiger charge is -1.99. The number of hydrogen-bond acceptors (Lipinski definition) is 5. The molecule has 2 N–H and O–H groups in total. The molecular weight excluding hydrogens is 270 g/mol. The van der Waals surface area contributed by atoms with E-state index in [-0.39, 0.29) is 17.1 Å². The third-order valence-corrected chi connectivity index (χ3v) is 2.37. The van der Waals surface area contributed by atoms with E-state index in [2.05, 4.69) is 10.2 Å². The van der Waals surface area contributed by atoms with Crippen LogP contribution in [0.3, 0.4) is 0 Å². The van der Waals surface area contributed by atoms with Crippen LogP contribution < -0.4 is 5.73 Å². The molecule has 0 radical (unpaired) electrons. The van der Waals surface area contributed by atoms with E-state index in [1.54, 1.807) is 0 Å². The number of hydrogen-bond donors (Lipinski definition) is 1. The zero-order valence-electron chi connectivity index (χ0n) is 9.96. The summed E-state index contributed by atoms with van der Waals surface area (Å²) >= 11 is 0. The van der Waals surface area contributed by atoms with E-state index < -0.39 is 22.2 Å². The van der Waals surface area contributed by atoms with Crippen LogP contribution in [0.5, 0.6) is 0 Å². The van der Waals surface area contributed by atoms with Gasteiger partial charge in [0.25, 0.3) is 5.69 Å². The van der Waals surface area contributed by atoms with Crippen LogP contribution in [0.1, 0.15) is 0 Å². The smallest absolute Gasteiger partial charge is 0.269 e. The fraction of sp³-hybridized carbons (Fsp3) is 0. The number of nitrogen functional groups attached to an aromatic ring is 1. The van der Waals surface area contributed by atoms with E-state index in [4.69, 9.17) is 5.73 Å². The van der Waals surface area contributed by atoms with Gasteiger partial charge >= 0.3 is 0 Å². The molecule has 0 unspecified atom stereocenters. The molecule has 102 valence electrons. The summed E-state index contributed by atoms with van der Waals surface area (Å²) in [6.07, 6.45) is 0. The molecule has 8 heteroatoms. The van der Waals surface area contributed by atoms with Crippen LogP contribution in [0.15, 0.2) is 46.6 Å². The first-order valence-corrected chi connectivity index (χ1v) is 5.38. The number of halogens is 2. The lowest BCUT2D eigenvalue weighted by atomic mass is 10.2. The number of non-ortho nitro benzene ring substituents is 1. The highest BCUT2D eigenvalue weighted by molar-refractivity contribution is 5.51. The van der Waals surface area contributed by atoms with Crippen molar-refractivity contribution in [3.8, 4) is 0 Å². The standard InChI is InChI=1S/C12H8F2N4O2/c13-10-5-7(15)6-11(14)12(10)17-16-8-1-3-9(4-2-8)18(19)20/h1-6H,15H2. The first-order valence-electron chi connectivity index (χ1n) is 5.38. The predicted octanol–water partition coefficient (Wildman–Crippen LogP) is 3.87. The van der Waals surface area contributed by atoms with Crippen molar-refractivity contribution in [1.82, 2.24) is 0 Å². The maximum absolute atomic E-state index is 13.4. The van der Waals surface area contributed by atoms with Crippen molar-refractivity contribution in [3.63, 3.8) is 0 Å². The van der Waals surface area contributed by atoms with Gasteiger partial charge in [0.1, 0.15) is 0 Å². The Hall–Kier alpha value is -2.90. The van der Waals surface area contributed by atoms with Gasteiger partial charge in [-0.2, -0.15) is 5.11 Å². The van der Waals surface area contributed by atoms with E-state index in [9.17, 15) is 18.9 Å². The maximum Gasteiger partial charge on any atom is 0.269 e. The minimum Gasteiger partial charge on any atom is -0.399 e. The van der Waals surface area contributed by atoms with E-state index >= 15 is 0 Å². The summed E-state index contributed by atoms with van der Waals surface area (Å²) in [7, 11) is 0.